The summed E-state index contributed by atoms with van der Waals surface area (Å²) < 4.78 is 5.54. The second-order valence-corrected chi connectivity index (χ2v) is 4.53. The zero-order valence-corrected chi connectivity index (χ0v) is 8.47. The van der Waals surface area contributed by atoms with Crippen molar-refractivity contribution in [3.63, 3.8) is 0 Å². The molecule has 14 heavy (non-hydrogen) atoms. The van der Waals surface area contributed by atoms with Gasteiger partial charge in [-0.3, -0.25) is 0 Å². The van der Waals surface area contributed by atoms with Gasteiger partial charge >= 0.3 is 0 Å². The standard InChI is InChI=1S/C13H16O/c1-14-13-8-5-9-3-2-4-12(13)11-7-6-10(9)11/h2,4-13H,3H2,1H3/t9-,10+,11+,12-,13-/m1/s1. The molecule has 0 aromatic carbocycles. The van der Waals surface area contributed by atoms with Gasteiger partial charge in [0.25, 0.3) is 0 Å². The summed E-state index contributed by atoms with van der Waals surface area (Å²) in [7, 11) is 1.81. The lowest BCUT2D eigenvalue weighted by molar-refractivity contribution is 0.0815. The Morgan fingerprint density at radius 3 is 2.50 bits per heavy atom. The third kappa shape index (κ3) is 1.05. The molecule has 0 fully saturated rings. The number of allylic oxidation sites excluding steroid dienone is 4. The van der Waals surface area contributed by atoms with E-state index in [1.165, 1.54) is 6.42 Å². The fraction of sp³-hybridized carbons (Fsp3) is 0.538. The minimum Gasteiger partial charge on any atom is -0.377 e. The third-order valence-electron chi connectivity index (χ3n) is 3.90. The number of rotatable bonds is 1. The smallest absolute Gasteiger partial charge is 0.0820 e. The fourth-order valence-electron chi connectivity index (χ4n) is 3.01. The van der Waals surface area contributed by atoms with Gasteiger partial charge in [-0.1, -0.05) is 36.5 Å². The molecule has 74 valence electrons. The van der Waals surface area contributed by atoms with Crippen LogP contribution in [-0.2, 0) is 4.74 Å². The van der Waals surface area contributed by atoms with Crippen LogP contribution in [0.5, 0.6) is 0 Å². The molecule has 0 radical (unpaired) electrons. The molecule has 0 amide bonds. The van der Waals surface area contributed by atoms with Crippen molar-refractivity contribution in [2.45, 2.75) is 12.5 Å². The molecule has 0 N–H and O–H groups in total. The van der Waals surface area contributed by atoms with Crippen molar-refractivity contribution < 1.29 is 4.74 Å². The molecular weight excluding hydrogens is 172 g/mol. The normalized spacial score (nSPS) is 48.2. The highest BCUT2D eigenvalue weighted by atomic mass is 16.5. The quantitative estimate of drug-likeness (QED) is 0.575. The van der Waals surface area contributed by atoms with E-state index >= 15 is 0 Å². The predicted molar refractivity (Wildman–Crippen MR) is 56.8 cm³/mol. The van der Waals surface area contributed by atoms with Gasteiger partial charge in [0, 0.05) is 13.0 Å². The average molecular weight is 188 g/mol. The molecular formula is C13H16O. The van der Waals surface area contributed by atoms with Gasteiger partial charge in [0.15, 0.2) is 0 Å². The van der Waals surface area contributed by atoms with Crippen molar-refractivity contribution in [2.24, 2.45) is 23.7 Å². The molecule has 0 saturated carbocycles. The molecule has 0 heterocycles. The summed E-state index contributed by atoms with van der Waals surface area (Å²) in [4.78, 5) is 0. The number of hydrogen-bond donors (Lipinski definition) is 0. The molecule has 0 aromatic rings. The van der Waals surface area contributed by atoms with E-state index in [0.717, 1.165) is 11.8 Å². The van der Waals surface area contributed by atoms with Gasteiger partial charge in [-0.2, -0.15) is 0 Å². The molecule has 0 saturated heterocycles. The Kier molecular flexibility index (Phi) is 1.88. The second kappa shape index (κ2) is 3.09. The maximum Gasteiger partial charge on any atom is 0.0820 e. The van der Waals surface area contributed by atoms with Crippen LogP contribution in [0.25, 0.3) is 0 Å². The molecule has 2 bridgehead atoms. The highest BCUT2D eigenvalue weighted by Gasteiger charge is 2.40. The average Bonchev–Trinajstić information content (AvgIpc) is 2.28. The van der Waals surface area contributed by atoms with Gasteiger partial charge < -0.3 is 4.74 Å². The highest BCUT2D eigenvalue weighted by Crippen LogP contribution is 2.46. The molecule has 3 aliphatic rings. The Morgan fingerprint density at radius 2 is 1.79 bits per heavy atom. The van der Waals surface area contributed by atoms with E-state index < -0.39 is 0 Å². The summed E-state index contributed by atoms with van der Waals surface area (Å²) in [5.41, 5.74) is 0. The van der Waals surface area contributed by atoms with Crippen molar-refractivity contribution in [2.75, 3.05) is 7.11 Å². The molecule has 1 heteroatoms. The second-order valence-electron chi connectivity index (χ2n) is 4.53. The number of methoxy groups -OCH3 is 1. The van der Waals surface area contributed by atoms with E-state index in [1.807, 2.05) is 7.11 Å². The van der Waals surface area contributed by atoms with Crippen molar-refractivity contribution in [3.05, 3.63) is 36.5 Å². The van der Waals surface area contributed by atoms with Crippen LogP contribution in [0.15, 0.2) is 36.5 Å². The van der Waals surface area contributed by atoms with Crippen molar-refractivity contribution in [3.8, 4) is 0 Å². The van der Waals surface area contributed by atoms with Crippen molar-refractivity contribution in [1.82, 2.24) is 0 Å². The molecule has 1 nitrogen and oxygen atoms in total. The monoisotopic (exact) mass is 188 g/mol. The predicted octanol–water partition coefficient (Wildman–Crippen LogP) is 2.57. The van der Waals surface area contributed by atoms with Gasteiger partial charge in [0.2, 0.25) is 0 Å². The first-order chi connectivity index (χ1) is 6.90. The van der Waals surface area contributed by atoms with Crippen LogP contribution in [0.2, 0.25) is 0 Å². The molecule has 3 rings (SSSR count). The zero-order chi connectivity index (χ0) is 9.54. The first kappa shape index (κ1) is 8.49. The lowest BCUT2D eigenvalue weighted by Gasteiger charge is -2.36. The Balaban J connectivity index is 2.00. The van der Waals surface area contributed by atoms with Crippen LogP contribution in [0.1, 0.15) is 6.42 Å². The van der Waals surface area contributed by atoms with Gasteiger partial charge in [-0.25, -0.2) is 0 Å². The van der Waals surface area contributed by atoms with Crippen LogP contribution >= 0.6 is 0 Å². The summed E-state index contributed by atoms with van der Waals surface area (Å²) in [6.45, 7) is 0. The first-order valence-corrected chi connectivity index (χ1v) is 5.46. The SMILES string of the molecule is CO[C@@H]1C=C[C@H]2CC=C[C@@H]1[C@H]1C=C[C@H]12. The van der Waals surface area contributed by atoms with E-state index in [9.17, 15) is 0 Å². The van der Waals surface area contributed by atoms with Crippen LogP contribution in [0.3, 0.4) is 0 Å². The molecule has 3 aliphatic carbocycles. The molecule has 5 atom stereocenters. The lowest BCUT2D eigenvalue weighted by Crippen LogP contribution is -2.33. The summed E-state index contributed by atoms with van der Waals surface area (Å²) >= 11 is 0. The van der Waals surface area contributed by atoms with E-state index in [2.05, 4.69) is 36.5 Å². The maximum atomic E-state index is 5.54. The molecule has 0 unspecified atom stereocenters. The maximum absolute atomic E-state index is 5.54. The van der Waals surface area contributed by atoms with Crippen LogP contribution < -0.4 is 0 Å². The van der Waals surface area contributed by atoms with Crippen LogP contribution in [-0.4, -0.2) is 13.2 Å². The number of ether oxygens (including phenoxy) is 1. The summed E-state index contributed by atoms with van der Waals surface area (Å²) in [6, 6.07) is 0. The van der Waals surface area contributed by atoms with Crippen LogP contribution in [0.4, 0.5) is 0 Å². The molecule has 0 aliphatic heterocycles. The number of hydrogen-bond acceptors (Lipinski definition) is 1. The van der Waals surface area contributed by atoms with E-state index in [-0.39, 0.29) is 6.10 Å². The zero-order valence-electron chi connectivity index (χ0n) is 8.47. The van der Waals surface area contributed by atoms with E-state index in [0.29, 0.717) is 11.8 Å². The third-order valence-corrected chi connectivity index (χ3v) is 3.90. The Bertz CT molecular complexity index is 313. The molecule has 0 aromatic heterocycles. The summed E-state index contributed by atoms with van der Waals surface area (Å²) in [5.74, 6) is 2.77. The van der Waals surface area contributed by atoms with Gasteiger partial charge in [0.05, 0.1) is 6.10 Å². The minimum absolute atomic E-state index is 0.286. The van der Waals surface area contributed by atoms with Gasteiger partial charge in [-0.05, 0) is 24.2 Å². The van der Waals surface area contributed by atoms with E-state index in [4.69, 9.17) is 4.74 Å². The van der Waals surface area contributed by atoms with Gasteiger partial charge in [-0.15, -0.1) is 0 Å². The van der Waals surface area contributed by atoms with Crippen molar-refractivity contribution >= 4 is 0 Å². The largest absolute Gasteiger partial charge is 0.377 e. The van der Waals surface area contributed by atoms with Gasteiger partial charge in [0.1, 0.15) is 0 Å². The van der Waals surface area contributed by atoms with Crippen molar-refractivity contribution in [1.29, 1.82) is 0 Å². The topological polar surface area (TPSA) is 9.23 Å². The summed E-state index contributed by atoms with van der Waals surface area (Å²) in [6.07, 6.45) is 15.5. The Morgan fingerprint density at radius 1 is 0.929 bits per heavy atom. The first-order valence-electron chi connectivity index (χ1n) is 5.46. The fourth-order valence-corrected chi connectivity index (χ4v) is 3.01. The Labute approximate surface area is 85.1 Å². The van der Waals surface area contributed by atoms with Crippen LogP contribution in [0, 0.1) is 23.7 Å². The highest BCUT2D eigenvalue weighted by molar-refractivity contribution is 5.26. The lowest BCUT2D eigenvalue weighted by atomic mass is 9.69. The van der Waals surface area contributed by atoms with E-state index in [1.54, 1.807) is 0 Å². The summed E-state index contributed by atoms with van der Waals surface area (Å²) in [5, 5.41) is 0. The Hall–Kier alpha value is -0.820. The molecule has 0 spiro atoms. The minimum atomic E-state index is 0.286.